The monoisotopic (exact) mass is 216 g/mol. The number of nitrogens with two attached hydrogens (primary N) is 4. The van der Waals surface area contributed by atoms with Crippen LogP contribution in [0.2, 0.25) is 0 Å². The van der Waals surface area contributed by atoms with Gasteiger partial charge in [-0.05, 0) is 0 Å². The van der Waals surface area contributed by atoms with Crippen LogP contribution in [0.15, 0.2) is 24.8 Å². The van der Waals surface area contributed by atoms with Crippen LogP contribution in [-0.4, -0.2) is 9.97 Å². The molecule has 0 bridgehead atoms. The largest absolute Gasteiger partial charge is 0.396 e. The van der Waals surface area contributed by atoms with Gasteiger partial charge in [-0.2, -0.15) is 0 Å². The van der Waals surface area contributed by atoms with Crippen LogP contribution >= 0.6 is 0 Å². The van der Waals surface area contributed by atoms with E-state index in [1.807, 2.05) is 0 Å². The maximum atomic E-state index is 5.84. The number of nitrogens with zero attached hydrogens (tertiary/aromatic N) is 2. The molecule has 0 saturated carbocycles. The Labute approximate surface area is 92.3 Å². The zero-order chi connectivity index (χ0) is 11.7. The first-order valence-electron chi connectivity index (χ1n) is 4.59. The summed E-state index contributed by atoms with van der Waals surface area (Å²) in [4.78, 5) is 7.93. The maximum absolute atomic E-state index is 5.84. The highest BCUT2D eigenvalue weighted by molar-refractivity contribution is 5.91. The van der Waals surface area contributed by atoms with Gasteiger partial charge in [0.05, 0.1) is 35.1 Å². The molecule has 2 rings (SSSR count). The SMILES string of the molecule is Nc1cncc(-c2cncc(N)c2N)c1N. The van der Waals surface area contributed by atoms with Crippen LogP contribution in [0.3, 0.4) is 0 Å². The van der Waals surface area contributed by atoms with E-state index in [0.29, 0.717) is 33.9 Å². The predicted molar refractivity (Wildman–Crippen MR) is 65.1 cm³/mol. The van der Waals surface area contributed by atoms with Crippen molar-refractivity contribution in [2.75, 3.05) is 22.9 Å². The van der Waals surface area contributed by atoms with Crippen molar-refractivity contribution >= 4 is 22.7 Å². The molecule has 0 amide bonds. The van der Waals surface area contributed by atoms with Crippen molar-refractivity contribution in [2.45, 2.75) is 0 Å². The van der Waals surface area contributed by atoms with E-state index in [0.717, 1.165) is 0 Å². The normalized spacial score (nSPS) is 10.2. The van der Waals surface area contributed by atoms with Gasteiger partial charge in [0.25, 0.3) is 0 Å². The average Bonchev–Trinajstić information content (AvgIpc) is 2.27. The minimum atomic E-state index is 0.402. The Morgan fingerprint density at radius 3 is 1.38 bits per heavy atom. The summed E-state index contributed by atoms with van der Waals surface area (Å²) in [7, 11) is 0. The van der Waals surface area contributed by atoms with Crippen molar-refractivity contribution in [1.82, 2.24) is 9.97 Å². The highest BCUT2D eigenvalue weighted by Gasteiger charge is 2.10. The molecule has 6 heteroatoms. The van der Waals surface area contributed by atoms with Crippen molar-refractivity contribution in [3.63, 3.8) is 0 Å². The fraction of sp³-hybridized carbons (Fsp3) is 0. The average molecular weight is 216 g/mol. The van der Waals surface area contributed by atoms with Crippen LogP contribution in [0, 0.1) is 0 Å². The fourth-order valence-electron chi connectivity index (χ4n) is 1.40. The first-order valence-corrected chi connectivity index (χ1v) is 4.59. The molecule has 0 saturated heterocycles. The van der Waals surface area contributed by atoms with Gasteiger partial charge in [0.1, 0.15) is 0 Å². The van der Waals surface area contributed by atoms with E-state index in [-0.39, 0.29) is 0 Å². The number of anilines is 4. The Morgan fingerprint density at radius 2 is 1.00 bits per heavy atom. The Morgan fingerprint density at radius 1 is 0.625 bits per heavy atom. The molecule has 8 N–H and O–H groups in total. The minimum absolute atomic E-state index is 0.402. The topological polar surface area (TPSA) is 130 Å². The summed E-state index contributed by atoms with van der Waals surface area (Å²) >= 11 is 0. The smallest absolute Gasteiger partial charge is 0.0740 e. The van der Waals surface area contributed by atoms with Crippen molar-refractivity contribution in [2.24, 2.45) is 0 Å². The number of rotatable bonds is 1. The van der Waals surface area contributed by atoms with Crippen LogP contribution in [0.4, 0.5) is 22.7 Å². The van der Waals surface area contributed by atoms with Crippen LogP contribution in [0.25, 0.3) is 11.1 Å². The molecule has 0 radical (unpaired) electrons. The molecular formula is C10H12N6. The molecule has 0 unspecified atom stereocenters. The van der Waals surface area contributed by atoms with Gasteiger partial charge in [-0.3, -0.25) is 9.97 Å². The van der Waals surface area contributed by atoms with E-state index in [9.17, 15) is 0 Å². The van der Waals surface area contributed by atoms with Crippen LogP contribution < -0.4 is 22.9 Å². The van der Waals surface area contributed by atoms with Crippen LogP contribution in [0.5, 0.6) is 0 Å². The molecule has 0 spiro atoms. The third kappa shape index (κ3) is 1.46. The zero-order valence-electron chi connectivity index (χ0n) is 8.51. The molecule has 0 fully saturated rings. The van der Waals surface area contributed by atoms with Gasteiger partial charge in [0.2, 0.25) is 0 Å². The van der Waals surface area contributed by atoms with E-state index >= 15 is 0 Å². The van der Waals surface area contributed by atoms with Crippen LogP contribution in [-0.2, 0) is 0 Å². The molecule has 6 nitrogen and oxygen atoms in total. The second kappa shape index (κ2) is 3.58. The molecule has 82 valence electrons. The fourth-order valence-corrected chi connectivity index (χ4v) is 1.40. The summed E-state index contributed by atoms with van der Waals surface area (Å²) in [6, 6.07) is 0. The van der Waals surface area contributed by atoms with Gasteiger partial charge in [0.15, 0.2) is 0 Å². The lowest BCUT2D eigenvalue weighted by atomic mass is 10.1. The molecule has 2 aromatic rings. The standard InChI is InChI=1S/C10H12N6/c11-7-3-15-1-5(9(7)13)6-2-16-4-8(12)10(6)14/h1-4H,11-12H2,(H2,13,15)(H2,14,16). The summed E-state index contributed by atoms with van der Waals surface area (Å²) in [5.41, 5.74) is 25.9. The lowest BCUT2D eigenvalue weighted by Gasteiger charge is -2.10. The summed E-state index contributed by atoms with van der Waals surface area (Å²) in [5.74, 6) is 0. The third-order valence-corrected chi connectivity index (χ3v) is 2.33. The quantitative estimate of drug-likeness (QED) is 0.548. The Balaban J connectivity index is 2.68. The van der Waals surface area contributed by atoms with Gasteiger partial charge < -0.3 is 22.9 Å². The Hall–Kier alpha value is -2.50. The van der Waals surface area contributed by atoms with Gasteiger partial charge in [-0.1, -0.05) is 0 Å². The second-order valence-electron chi connectivity index (χ2n) is 3.38. The summed E-state index contributed by atoms with van der Waals surface area (Å²) in [6.45, 7) is 0. The number of hydrogen-bond donors (Lipinski definition) is 4. The number of aromatic nitrogens is 2. The van der Waals surface area contributed by atoms with Gasteiger partial charge in [-0.25, -0.2) is 0 Å². The lowest BCUT2D eigenvalue weighted by molar-refractivity contribution is 1.30. The molecule has 0 atom stereocenters. The van der Waals surface area contributed by atoms with Crippen molar-refractivity contribution in [3.8, 4) is 11.1 Å². The number of hydrogen-bond acceptors (Lipinski definition) is 6. The summed E-state index contributed by atoms with van der Waals surface area (Å²) in [6.07, 6.45) is 6.13. The molecule has 0 aliphatic carbocycles. The second-order valence-corrected chi connectivity index (χ2v) is 3.38. The first kappa shape index (κ1) is 10.0. The predicted octanol–water partition coefficient (Wildman–Crippen LogP) is 0.472. The van der Waals surface area contributed by atoms with E-state index < -0.39 is 0 Å². The molecule has 0 aliphatic rings. The Kier molecular flexibility index (Phi) is 2.24. The van der Waals surface area contributed by atoms with E-state index in [1.165, 1.54) is 12.4 Å². The molecule has 2 aromatic heterocycles. The molecule has 2 heterocycles. The van der Waals surface area contributed by atoms with Crippen LogP contribution in [0.1, 0.15) is 0 Å². The molecule has 16 heavy (non-hydrogen) atoms. The summed E-state index contributed by atoms with van der Waals surface area (Å²) < 4.78 is 0. The van der Waals surface area contributed by atoms with E-state index in [2.05, 4.69) is 9.97 Å². The number of pyridine rings is 2. The lowest BCUT2D eigenvalue weighted by Crippen LogP contribution is -2.02. The van der Waals surface area contributed by atoms with Crippen molar-refractivity contribution in [1.29, 1.82) is 0 Å². The van der Waals surface area contributed by atoms with Gasteiger partial charge in [0, 0.05) is 23.5 Å². The first-order chi connectivity index (χ1) is 7.61. The highest BCUT2D eigenvalue weighted by atomic mass is 14.8. The summed E-state index contributed by atoms with van der Waals surface area (Å²) in [5, 5.41) is 0. The number of nitrogen functional groups attached to an aromatic ring is 4. The van der Waals surface area contributed by atoms with E-state index in [1.54, 1.807) is 12.4 Å². The molecular weight excluding hydrogens is 204 g/mol. The van der Waals surface area contributed by atoms with Crippen molar-refractivity contribution < 1.29 is 0 Å². The molecule has 0 aliphatic heterocycles. The maximum Gasteiger partial charge on any atom is 0.0740 e. The van der Waals surface area contributed by atoms with Gasteiger partial charge >= 0.3 is 0 Å². The highest BCUT2D eigenvalue weighted by Crippen LogP contribution is 2.34. The minimum Gasteiger partial charge on any atom is -0.396 e. The van der Waals surface area contributed by atoms with Crippen molar-refractivity contribution in [3.05, 3.63) is 24.8 Å². The van der Waals surface area contributed by atoms with Gasteiger partial charge in [-0.15, -0.1) is 0 Å². The zero-order valence-corrected chi connectivity index (χ0v) is 8.51. The molecule has 0 aromatic carbocycles. The Bertz CT molecular complexity index is 487. The van der Waals surface area contributed by atoms with E-state index in [4.69, 9.17) is 22.9 Å². The third-order valence-electron chi connectivity index (χ3n) is 2.33.